The fourth-order valence-electron chi connectivity index (χ4n) is 1.54. The zero-order chi connectivity index (χ0) is 14.4. The third kappa shape index (κ3) is 4.26. The van der Waals surface area contributed by atoms with Crippen LogP contribution in [0.5, 0.6) is 0 Å². The summed E-state index contributed by atoms with van der Waals surface area (Å²) in [5.41, 5.74) is 6.55. The van der Waals surface area contributed by atoms with E-state index in [0.717, 1.165) is 6.54 Å². The molecule has 1 aromatic carbocycles. The molecule has 104 valence electrons. The molecule has 0 heterocycles. The first-order valence-electron chi connectivity index (χ1n) is 5.94. The number of rotatable bonds is 5. The Balaban J connectivity index is 2.82. The highest BCUT2D eigenvalue weighted by molar-refractivity contribution is 6.01. The second-order valence-electron chi connectivity index (χ2n) is 4.60. The predicted molar refractivity (Wildman–Crippen MR) is 74.5 cm³/mol. The van der Waals surface area contributed by atoms with Gasteiger partial charge in [0.2, 0.25) is 0 Å². The minimum Gasteiger partial charge on any atom is -0.409 e. The zero-order valence-corrected chi connectivity index (χ0v) is 11.5. The van der Waals surface area contributed by atoms with Crippen molar-refractivity contribution < 1.29 is 10.0 Å². The van der Waals surface area contributed by atoms with E-state index in [2.05, 4.69) is 5.16 Å². The van der Waals surface area contributed by atoms with Gasteiger partial charge < -0.3 is 20.7 Å². The van der Waals surface area contributed by atoms with Gasteiger partial charge in [0, 0.05) is 31.3 Å². The zero-order valence-electron chi connectivity index (χ0n) is 11.5. The fraction of sp³-hybridized carbons (Fsp3) is 0.385. The van der Waals surface area contributed by atoms with Crippen molar-refractivity contribution in [3.8, 4) is 0 Å². The molecule has 0 atom stereocenters. The Hall–Kier alpha value is -2.08. The highest BCUT2D eigenvalue weighted by Crippen LogP contribution is 2.08. The number of carbonyl (C=O) groups excluding carboxylic acids is 1. The summed E-state index contributed by atoms with van der Waals surface area (Å²) in [6.07, 6.45) is 0. The molecule has 3 N–H and O–H groups in total. The fourth-order valence-corrected chi connectivity index (χ4v) is 1.54. The number of likely N-dealkylation sites (N-methyl/N-ethyl adjacent to an activating group) is 2. The van der Waals surface area contributed by atoms with Crippen LogP contribution in [0.4, 0.5) is 0 Å². The van der Waals surface area contributed by atoms with Crippen molar-refractivity contribution in [1.29, 1.82) is 0 Å². The van der Waals surface area contributed by atoms with Crippen molar-refractivity contribution >= 4 is 11.7 Å². The van der Waals surface area contributed by atoms with E-state index in [1.807, 2.05) is 19.0 Å². The van der Waals surface area contributed by atoms with Gasteiger partial charge in [-0.25, -0.2) is 0 Å². The van der Waals surface area contributed by atoms with Crippen molar-refractivity contribution in [2.75, 3.05) is 34.2 Å². The van der Waals surface area contributed by atoms with Gasteiger partial charge in [-0.05, 0) is 26.2 Å². The van der Waals surface area contributed by atoms with Crippen molar-refractivity contribution in [3.63, 3.8) is 0 Å². The van der Waals surface area contributed by atoms with E-state index in [0.29, 0.717) is 17.7 Å². The summed E-state index contributed by atoms with van der Waals surface area (Å²) in [5.74, 6) is -0.0972. The van der Waals surface area contributed by atoms with E-state index in [-0.39, 0.29) is 11.7 Å². The summed E-state index contributed by atoms with van der Waals surface area (Å²) in [6, 6.07) is 6.72. The number of oxime groups is 1. The minimum atomic E-state index is -0.0885. The summed E-state index contributed by atoms with van der Waals surface area (Å²) in [6.45, 7) is 1.43. The standard InChI is InChI=1S/C13H20N4O2/c1-16(2)7-8-17(3)13(18)11-6-4-5-10(9-11)12(14)15-19/h4-6,9,19H,7-8H2,1-3H3,(H2,14,15). The van der Waals surface area contributed by atoms with Gasteiger partial charge in [0.05, 0.1) is 0 Å². The van der Waals surface area contributed by atoms with Gasteiger partial charge in [-0.15, -0.1) is 0 Å². The van der Waals surface area contributed by atoms with Gasteiger partial charge in [-0.3, -0.25) is 4.79 Å². The molecule has 1 amide bonds. The minimum absolute atomic E-state index is 0.00871. The van der Waals surface area contributed by atoms with Crippen molar-refractivity contribution in [2.45, 2.75) is 0 Å². The third-order valence-electron chi connectivity index (χ3n) is 2.74. The normalized spacial score (nSPS) is 11.7. The lowest BCUT2D eigenvalue weighted by Crippen LogP contribution is -2.33. The molecule has 0 fully saturated rings. The maximum Gasteiger partial charge on any atom is 0.253 e. The Morgan fingerprint density at radius 3 is 2.47 bits per heavy atom. The molecule has 0 aliphatic heterocycles. The number of amidine groups is 1. The number of hydrogen-bond donors (Lipinski definition) is 2. The molecule has 0 aliphatic rings. The second-order valence-corrected chi connectivity index (χ2v) is 4.60. The first kappa shape index (κ1) is 15.0. The summed E-state index contributed by atoms with van der Waals surface area (Å²) in [7, 11) is 5.66. The van der Waals surface area contributed by atoms with E-state index in [4.69, 9.17) is 10.9 Å². The maximum atomic E-state index is 12.2. The molecule has 1 aromatic rings. The summed E-state index contributed by atoms with van der Waals surface area (Å²) in [4.78, 5) is 15.8. The molecule has 19 heavy (non-hydrogen) atoms. The van der Waals surface area contributed by atoms with Crippen LogP contribution in [0, 0.1) is 0 Å². The number of benzene rings is 1. The van der Waals surface area contributed by atoms with Gasteiger partial charge in [0.1, 0.15) is 0 Å². The van der Waals surface area contributed by atoms with Gasteiger partial charge in [0.15, 0.2) is 5.84 Å². The lowest BCUT2D eigenvalue weighted by atomic mass is 10.1. The molecular formula is C13H20N4O2. The molecule has 0 unspecified atom stereocenters. The van der Waals surface area contributed by atoms with Crippen LogP contribution in [0.2, 0.25) is 0 Å². The number of amides is 1. The quantitative estimate of drug-likeness (QED) is 0.349. The van der Waals surface area contributed by atoms with Crippen LogP contribution in [-0.4, -0.2) is 61.0 Å². The summed E-state index contributed by atoms with van der Waals surface area (Å²) in [5, 5.41) is 11.6. The van der Waals surface area contributed by atoms with Crippen LogP contribution < -0.4 is 5.73 Å². The Morgan fingerprint density at radius 1 is 1.26 bits per heavy atom. The van der Waals surface area contributed by atoms with E-state index < -0.39 is 0 Å². The lowest BCUT2D eigenvalue weighted by molar-refractivity contribution is 0.0786. The molecule has 0 radical (unpaired) electrons. The Labute approximate surface area is 113 Å². The van der Waals surface area contributed by atoms with Crippen molar-refractivity contribution in [3.05, 3.63) is 35.4 Å². The number of nitrogens with zero attached hydrogens (tertiary/aromatic N) is 3. The van der Waals surface area contributed by atoms with E-state index in [1.165, 1.54) is 0 Å². The molecule has 6 nitrogen and oxygen atoms in total. The SMILES string of the molecule is CN(C)CCN(C)C(=O)c1cccc(C(N)=NO)c1. The molecule has 0 aliphatic carbocycles. The smallest absolute Gasteiger partial charge is 0.253 e. The highest BCUT2D eigenvalue weighted by Gasteiger charge is 2.12. The molecular weight excluding hydrogens is 244 g/mol. The second kappa shape index (κ2) is 6.75. The first-order valence-corrected chi connectivity index (χ1v) is 5.94. The van der Waals surface area contributed by atoms with Crippen LogP contribution in [0.15, 0.2) is 29.4 Å². The van der Waals surface area contributed by atoms with E-state index >= 15 is 0 Å². The molecule has 6 heteroatoms. The molecule has 1 rings (SSSR count). The van der Waals surface area contributed by atoms with Crippen LogP contribution in [0.3, 0.4) is 0 Å². The summed E-state index contributed by atoms with van der Waals surface area (Å²) < 4.78 is 0. The predicted octanol–water partition coefficient (Wildman–Crippen LogP) is 0.415. The first-order chi connectivity index (χ1) is 8.95. The van der Waals surface area contributed by atoms with E-state index in [9.17, 15) is 4.79 Å². The van der Waals surface area contributed by atoms with Gasteiger partial charge in [-0.2, -0.15) is 0 Å². The molecule has 0 spiro atoms. The number of hydrogen-bond acceptors (Lipinski definition) is 4. The molecule has 0 bridgehead atoms. The topological polar surface area (TPSA) is 82.2 Å². The van der Waals surface area contributed by atoms with E-state index in [1.54, 1.807) is 36.2 Å². The van der Waals surface area contributed by atoms with Gasteiger partial charge in [-0.1, -0.05) is 17.3 Å². The van der Waals surface area contributed by atoms with Gasteiger partial charge in [0.25, 0.3) is 5.91 Å². The van der Waals surface area contributed by atoms with Crippen molar-refractivity contribution in [2.24, 2.45) is 10.9 Å². The third-order valence-corrected chi connectivity index (χ3v) is 2.74. The average Bonchev–Trinajstić information content (AvgIpc) is 2.43. The summed E-state index contributed by atoms with van der Waals surface area (Å²) >= 11 is 0. The Bertz CT molecular complexity index is 471. The largest absolute Gasteiger partial charge is 0.409 e. The highest BCUT2D eigenvalue weighted by atomic mass is 16.4. The van der Waals surface area contributed by atoms with Crippen LogP contribution >= 0.6 is 0 Å². The van der Waals surface area contributed by atoms with Crippen LogP contribution in [0.1, 0.15) is 15.9 Å². The van der Waals surface area contributed by atoms with Gasteiger partial charge >= 0.3 is 0 Å². The van der Waals surface area contributed by atoms with Crippen LogP contribution in [0.25, 0.3) is 0 Å². The number of nitrogens with two attached hydrogens (primary N) is 1. The molecule has 0 saturated heterocycles. The number of carbonyl (C=O) groups is 1. The Kier molecular flexibility index (Phi) is 5.32. The Morgan fingerprint density at radius 2 is 1.89 bits per heavy atom. The maximum absolute atomic E-state index is 12.2. The van der Waals surface area contributed by atoms with Crippen molar-refractivity contribution in [1.82, 2.24) is 9.80 Å². The average molecular weight is 264 g/mol. The van der Waals surface area contributed by atoms with Crippen LogP contribution in [-0.2, 0) is 0 Å². The lowest BCUT2D eigenvalue weighted by Gasteiger charge is -2.19. The molecule has 0 saturated carbocycles. The molecule has 0 aromatic heterocycles. The monoisotopic (exact) mass is 264 g/mol.